The fourth-order valence-electron chi connectivity index (χ4n) is 2.83. The molecule has 20 heavy (non-hydrogen) atoms. The van der Waals surface area contributed by atoms with E-state index in [1.807, 2.05) is 6.08 Å². The van der Waals surface area contributed by atoms with E-state index in [0.29, 0.717) is 24.8 Å². The molecule has 0 heterocycles. The van der Waals surface area contributed by atoms with Crippen molar-refractivity contribution in [3.63, 3.8) is 0 Å². The number of hydrogen-bond donors (Lipinski definition) is 2. The molecule has 0 saturated heterocycles. The summed E-state index contributed by atoms with van der Waals surface area (Å²) < 4.78 is 10.3. The van der Waals surface area contributed by atoms with Gasteiger partial charge in [0.2, 0.25) is 0 Å². The minimum Gasteiger partial charge on any atom is -0.511 e. The second kappa shape index (κ2) is 6.52. The maximum Gasteiger partial charge on any atom is 0.164 e. The Hall–Kier alpha value is -1.17. The third-order valence-corrected chi connectivity index (χ3v) is 4.15. The first-order chi connectivity index (χ1) is 9.56. The predicted molar refractivity (Wildman–Crippen MR) is 73.4 cm³/mol. The number of Topliss-reactive ketones (excluding diaryl/α,β-unsaturated/α-hetero) is 1. The molecule has 2 aliphatic rings. The van der Waals surface area contributed by atoms with Gasteiger partial charge in [0.1, 0.15) is 5.76 Å². The molecular weight excluding hydrogens is 260 g/mol. The van der Waals surface area contributed by atoms with Gasteiger partial charge < -0.3 is 19.7 Å². The number of carbonyl (C=O) groups excluding carboxylic acids is 1. The molecular formula is C15H22O5. The van der Waals surface area contributed by atoms with Crippen molar-refractivity contribution in [1.29, 1.82) is 0 Å². The lowest BCUT2D eigenvalue weighted by Gasteiger charge is -2.29. The van der Waals surface area contributed by atoms with Gasteiger partial charge in [-0.3, -0.25) is 4.79 Å². The molecule has 0 radical (unpaired) electrons. The molecule has 4 unspecified atom stereocenters. The molecule has 0 amide bonds. The smallest absolute Gasteiger partial charge is 0.164 e. The molecule has 112 valence electrons. The molecule has 4 atom stereocenters. The number of methoxy groups -OCH3 is 2. The second-order valence-corrected chi connectivity index (χ2v) is 5.38. The molecule has 2 N–H and O–H groups in total. The van der Waals surface area contributed by atoms with Gasteiger partial charge in [0.25, 0.3) is 0 Å². The van der Waals surface area contributed by atoms with Crippen LogP contribution in [0.1, 0.15) is 25.7 Å². The largest absolute Gasteiger partial charge is 0.511 e. The van der Waals surface area contributed by atoms with Crippen LogP contribution in [0.2, 0.25) is 0 Å². The van der Waals surface area contributed by atoms with E-state index in [0.717, 1.165) is 6.42 Å². The van der Waals surface area contributed by atoms with Crippen molar-refractivity contribution < 1.29 is 24.5 Å². The third kappa shape index (κ3) is 3.11. The van der Waals surface area contributed by atoms with Gasteiger partial charge in [-0.2, -0.15) is 0 Å². The zero-order valence-corrected chi connectivity index (χ0v) is 11.9. The Morgan fingerprint density at radius 3 is 2.60 bits per heavy atom. The highest BCUT2D eigenvalue weighted by Crippen LogP contribution is 2.31. The zero-order chi connectivity index (χ0) is 14.7. The zero-order valence-electron chi connectivity index (χ0n) is 11.9. The summed E-state index contributed by atoms with van der Waals surface area (Å²) in [7, 11) is 3.17. The van der Waals surface area contributed by atoms with Crippen molar-refractivity contribution in [2.45, 2.75) is 44.0 Å². The lowest BCUT2D eigenvalue weighted by molar-refractivity contribution is -0.119. The Kier molecular flexibility index (Phi) is 4.96. The predicted octanol–water partition coefficient (Wildman–Crippen LogP) is 1.52. The molecule has 0 bridgehead atoms. The summed E-state index contributed by atoms with van der Waals surface area (Å²) in [5, 5.41) is 20.4. The summed E-state index contributed by atoms with van der Waals surface area (Å²) in [6.07, 6.45) is 4.53. The summed E-state index contributed by atoms with van der Waals surface area (Å²) in [5.74, 6) is -0.600. The second-order valence-electron chi connectivity index (χ2n) is 5.38. The summed E-state index contributed by atoms with van der Waals surface area (Å²) in [5.41, 5.74) is 0.433. The molecule has 0 aliphatic heterocycles. The minimum atomic E-state index is -0.731. The molecule has 1 saturated carbocycles. The van der Waals surface area contributed by atoms with E-state index in [-0.39, 0.29) is 23.8 Å². The molecule has 0 aromatic heterocycles. The maximum absolute atomic E-state index is 12.0. The number of aliphatic hydroxyl groups excluding tert-OH is 2. The highest BCUT2D eigenvalue weighted by Gasteiger charge is 2.33. The van der Waals surface area contributed by atoms with Crippen molar-refractivity contribution in [2.75, 3.05) is 14.2 Å². The standard InChI is InChI=1S/C15H22O5/c1-19-9-3-5-11(13(16)7-9)15(18)12-6-4-10(20-2)8-14(12)17/h3,5,9-11,13,16,18H,4,6-8H2,1-2H3. The van der Waals surface area contributed by atoms with Crippen molar-refractivity contribution >= 4 is 5.78 Å². The SMILES string of the molecule is COC1C=CC(C(O)=C2CCC(OC)CC2=O)C(O)C1. The van der Waals surface area contributed by atoms with Gasteiger partial charge in [-0.1, -0.05) is 12.2 Å². The summed E-state index contributed by atoms with van der Waals surface area (Å²) in [4.78, 5) is 12.0. The van der Waals surface area contributed by atoms with Crippen LogP contribution in [0, 0.1) is 5.92 Å². The Bertz CT molecular complexity index is 426. The number of allylic oxidation sites excluding steroid dienone is 1. The Morgan fingerprint density at radius 1 is 1.30 bits per heavy atom. The highest BCUT2D eigenvalue weighted by atomic mass is 16.5. The van der Waals surface area contributed by atoms with E-state index in [2.05, 4.69) is 0 Å². The van der Waals surface area contributed by atoms with E-state index in [1.54, 1.807) is 20.3 Å². The number of rotatable bonds is 3. The van der Waals surface area contributed by atoms with Gasteiger partial charge in [-0.05, 0) is 12.8 Å². The van der Waals surface area contributed by atoms with Gasteiger partial charge >= 0.3 is 0 Å². The normalized spacial score (nSPS) is 37.0. The Labute approximate surface area is 118 Å². The maximum atomic E-state index is 12.0. The van der Waals surface area contributed by atoms with Crippen LogP contribution in [0.15, 0.2) is 23.5 Å². The summed E-state index contributed by atoms with van der Waals surface area (Å²) >= 11 is 0. The molecule has 2 rings (SSSR count). The number of ether oxygens (including phenoxy) is 2. The fourth-order valence-corrected chi connectivity index (χ4v) is 2.83. The summed E-state index contributed by atoms with van der Waals surface area (Å²) in [6, 6.07) is 0. The first-order valence-corrected chi connectivity index (χ1v) is 6.94. The lowest BCUT2D eigenvalue weighted by atomic mass is 9.83. The fraction of sp³-hybridized carbons (Fsp3) is 0.667. The van der Waals surface area contributed by atoms with Crippen LogP contribution in [0.4, 0.5) is 0 Å². The van der Waals surface area contributed by atoms with Gasteiger partial charge in [0, 0.05) is 32.6 Å². The quantitative estimate of drug-likeness (QED) is 0.466. The van der Waals surface area contributed by atoms with Gasteiger partial charge in [0.05, 0.1) is 24.2 Å². The van der Waals surface area contributed by atoms with Gasteiger partial charge in [-0.25, -0.2) is 0 Å². The van der Waals surface area contributed by atoms with E-state index >= 15 is 0 Å². The lowest BCUT2D eigenvalue weighted by Crippen LogP contribution is -2.32. The van der Waals surface area contributed by atoms with E-state index in [1.165, 1.54) is 0 Å². The molecule has 5 heteroatoms. The highest BCUT2D eigenvalue weighted by molar-refractivity contribution is 5.97. The molecule has 0 aromatic rings. The average Bonchev–Trinajstić information content (AvgIpc) is 2.46. The monoisotopic (exact) mass is 282 g/mol. The third-order valence-electron chi connectivity index (χ3n) is 4.15. The van der Waals surface area contributed by atoms with Crippen LogP contribution < -0.4 is 0 Å². The van der Waals surface area contributed by atoms with Gasteiger partial charge in [0.15, 0.2) is 5.78 Å². The number of aliphatic hydroxyl groups is 2. The first kappa shape index (κ1) is 15.2. The van der Waals surface area contributed by atoms with Crippen LogP contribution in [0.3, 0.4) is 0 Å². The Balaban J connectivity index is 2.16. The van der Waals surface area contributed by atoms with Crippen LogP contribution in [0.25, 0.3) is 0 Å². The Morgan fingerprint density at radius 2 is 2.05 bits per heavy atom. The molecule has 2 aliphatic carbocycles. The van der Waals surface area contributed by atoms with E-state index < -0.39 is 12.0 Å². The molecule has 5 nitrogen and oxygen atoms in total. The minimum absolute atomic E-state index is 0.00264. The van der Waals surface area contributed by atoms with Crippen LogP contribution >= 0.6 is 0 Å². The van der Waals surface area contributed by atoms with Gasteiger partial charge in [-0.15, -0.1) is 0 Å². The van der Waals surface area contributed by atoms with Crippen molar-refractivity contribution in [3.05, 3.63) is 23.5 Å². The molecule has 1 fully saturated rings. The first-order valence-electron chi connectivity index (χ1n) is 6.94. The van der Waals surface area contributed by atoms with Crippen molar-refractivity contribution in [2.24, 2.45) is 5.92 Å². The summed E-state index contributed by atoms with van der Waals surface area (Å²) in [6.45, 7) is 0. The van der Waals surface area contributed by atoms with Crippen molar-refractivity contribution in [3.8, 4) is 0 Å². The van der Waals surface area contributed by atoms with Crippen LogP contribution in [0.5, 0.6) is 0 Å². The average molecular weight is 282 g/mol. The van der Waals surface area contributed by atoms with E-state index in [9.17, 15) is 15.0 Å². The van der Waals surface area contributed by atoms with E-state index in [4.69, 9.17) is 9.47 Å². The topological polar surface area (TPSA) is 76.0 Å². The molecule has 0 aromatic carbocycles. The van der Waals surface area contributed by atoms with Crippen LogP contribution in [-0.4, -0.2) is 48.5 Å². The van der Waals surface area contributed by atoms with Crippen LogP contribution in [-0.2, 0) is 14.3 Å². The molecule has 0 spiro atoms. The number of ketones is 1. The van der Waals surface area contributed by atoms with Crippen molar-refractivity contribution in [1.82, 2.24) is 0 Å². The number of hydrogen-bond acceptors (Lipinski definition) is 5. The number of carbonyl (C=O) groups is 1.